The molecule has 0 aliphatic carbocycles. The average molecular weight is 333 g/mol. The van der Waals surface area contributed by atoms with Crippen LogP contribution >= 0.6 is 11.6 Å². The Morgan fingerprint density at radius 1 is 1.41 bits per heavy atom. The summed E-state index contributed by atoms with van der Waals surface area (Å²) in [7, 11) is 0. The van der Waals surface area contributed by atoms with Gasteiger partial charge in [-0.3, -0.25) is 4.79 Å². The van der Waals surface area contributed by atoms with Crippen molar-refractivity contribution in [2.75, 3.05) is 26.3 Å². The molecule has 0 aromatic heterocycles. The van der Waals surface area contributed by atoms with Gasteiger partial charge in [-0.2, -0.15) is 0 Å². The Morgan fingerprint density at radius 2 is 2.09 bits per heavy atom. The minimum absolute atomic E-state index is 0.396. The number of alkyl halides is 2. The van der Waals surface area contributed by atoms with Crippen molar-refractivity contribution in [3.63, 3.8) is 0 Å². The molecule has 0 saturated carbocycles. The summed E-state index contributed by atoms with van der Waals surface area (Å²) in [6.07, 6.45) is 0.848. The van der Waals surface area contributed by atoms with Gasteiger partial charge in [-0.05, 0) is 30.5 Å². The van der Waals surface area contributed by atoms with E-state index in [4.69, 9.17) is 22.1 Å². The van der Waals surface area contributed by atoms with Gasteiger partial charge in [0.1, 0.15) is 0 Å². The molecule has 0 radical (unpaired) electrons. The van der Waals surface area contributed by atoms with Gasteiger partial charge in [0.15, 0.2) is 0 Å². The number of hydrogen-bond donors (Lipinski definition) is 2. The Hall–Kier alpha value is -1.24. The maximum Gasteiger partial charge on any atom is 0.277 e. The number of ether oxygens (including phenoxy) is 1. The summed E-state index contributed by atoms with van der Waals surface area (Å²) in [5, 5.41) is 2.84. The van der Waals surface area contributed by atoms with Crippen LogP contribution in [-0.2, 0) is 14.9 Å². The van der Waals surface area contributed by atoms with E-state index >= 15 is 0 Å². The fraction of sp³-hybridized carbons (Fsp3) is 0.533. The predicted octanol–water partition coefficient (Wildman–Crippen LogP) is 2.10. The molecule has 1 saturated heterocycles. The first-order valence-corrected chi connectivity index (χ1v) is 7.47. The minimum Gasteiger partial charge on any atom is -0.381 e. The Bertz CT molecular complexity index is 534. The number of benzene rings is 1. The summed E-state index contributed by atoms with van der Waals surface area (Å²) in [5.74, 6) is -3.55. The molecule has 1 aromatic rings. The number of carbonyl (C=O) groups excluding carboxylic acids is 1. The normalized spacial score (nSPS) is 18.0. The van der Waals surface area contributed by atoms with Gasteiger partial charge in [-0.15, -0.1) is 0 Å². The predicted molar refractivity (Wildman–Crippen MR) is 80.2 cm³/mol. The van der Waals surface area contributed by atoms with Crippen LogP contribution in [0, 0.1) is 0 Å². The SMILES string of the molecule is NCC(F)(F)CNC(=O)C1(c2cccc(Cl)c2)CCOCC1. The van der Waals surface area contributed by atoms with E-state index in [0.29, 0.717) is 31.1 Å². The van der Waals surface area contributed by atoms with Crippen LogP contribution < -0.4 is 11.1 Å². The molecule has 1 aliphatic rings. The zero-order chi connectivity index (χ0) is 16.2. The fourth-order valence-corrected chi connectivity index (χ4v) is 2.79. The molecule has 1 amide bonds. The van der Waals surface area contributed by atoms with Gasteiger partial charge in [0.05, 0.1) is 18.5 Å². The maximum atomic E-state index is 13.3. The minimum atomic E-state index is -3.11. The van der Waals surface area contributed by atoms with Gasteiger partial charge in [-0.25, -0.2) is 8.78 Å². The van der Waals surface area contributed by atoms with Crippen molar-refractivity contribution < 1.29 is 18.3 Å². The Balaban J connectivity index is 2.24. The zero-order valence-corrected chi connectivity index (χ0v) is 12.8. The maximum absolute atomic E-state index is 13.3. The number of nitrogens with two attached hydrogens (primary N) is 1. The average Bonchev–Trinajstić information content (AvgIpc) is 2.53. The molecule has 3 N–H and O–H groups in total. The first-order valence-electron chi connectivity index (χ1n) is 7.10. The highest BCUT2D eigenvalue weighted by molar-refractivity contribution is 6.30. The second-order valence-corrected chi connectivity index (χ2v) is 5.88. The molecule has 0 unspecified atom stereocenters. The standard InChI is InChI=1S/C15H19ClF2N2O2/c16-12-3-1-2-11(8-12)14(4-6-22-7-5-14)13(21)20-10-15(17,18)9-19/h1-3,8H,4-7,9-10,19H2,(H,20,21). The van der Waals surface area contributed by atoms with Gasteiger partial charge >= 0.3 is 0 Å². The van der Waals surface area contributed by atoms with Crippen LogP contribution in [0.2, 0.25) is 5.02 Å². The number of halogens is 3. The topological polar surface area (TPSA) is 64.3 Å². The van der Waals surface area contributed by atoms with Crippen LogP contribution in [0.15, 0.2) is 24.3 Å². The molecule has 1 aliphatic heterocycles. The number of nitrogens with one attached hydrogen (secondary N) is 1. The molecule has 0 spiro atoms. The van der Waals surface area contributed by atoms with Crippen LogP contribution in [0.3, 0.4) is 0 Å². The molecule has 2 rings (SSSR count). The molecule has 1 aromatic carbocycles. The first-order chi connectivity index (χ1) is 10.4. The second kappa shape index (κ2) is 6.89. The molecule has 1 fully saturated rings. The van der Waals surface area contributed by atoms with Gasteiger partial charge < -0.3 is 15.8 Å². The lowest BCUT2D eigenvalue weighted by atomic mass is 9.73. The molecule has 0 atom stereocenters. The van der Waals surface area contributed by atoms with Crippen molar-refractivity contribution in [3.05, 3.63) is 34.9 Å². The third kappa shape index (κ3) is 3.74. The van der Waals surface area contributed by atoms with Crippen molar-refractivity contribution in [2.24, 2.45) is 5.73 Å². The number of hydrogen-bond acceptors (Lipinski definition) is 3. The third-order valence-corrected chi connectivity index (χ3v) is 4.20. The molecular weight excluding hydrogens is 314 g/mol. The van der Waals surface area contributed by atoms with E-state index in [1.54, 1.807) is 24.3 Å². The van der Waals surface area contributed by atoms with Crippen molar-refractivity contribution >= 4 is 17.5 Å². The summed E-state index contributed by atoms with van der Waals surface area (Å²) in [6.45, 7) is -0.785. The molecule has 1 heterocycles. The molecule has 0 bridgehead atoms. The summed E-state index contributed by atoms with van der Waals surface area (Å²) < 4.78 is 31.9. The molecule has 4 nitrogen and oxygen atoms in total. The van der Waals surface area contributed by atoms with Crippen molar-refractivity contribution in [2.45, 2.75) is 24.2 Å². The summed E-state index contributed by atoms with van der Waals surface area (Å²) in [4.78, 5) is 12.6. The summed E-state index contributed by atoms with van der Waals surface area (Å²) in [6, 6.07) is 6.95. The molecule has 22 heavy (non-hydrogen) atoms. The lowest BCUT2D eigenvalue weighted by molar-refractivity contribution is -0.132. The van der Waals surface area contributed by atoms with Crippen LogP contribution in [-0.4, -0.2) is 38.1 Å². The molecule has 7 heteroatoms. The van der Waals surface area contributed by atoms with Crippen molar-refractivity contribution in [1.82, 2.24) is 5.32 Å². The number of amides is 1. The molecular formula is C15H19ClF2N2O2. The lowest BCUT2D eigenvalue weighted by Crippen LogP contribution is -2.51. The Morgan fingerprint density at radius 3 is 2.68 bits per heavy atom. The van der Waals surface area contributed by atoms with E-state index in [2.05, 4.69) is 5.32 Å². The van der Waals surface area contributed by atoms with Gasteiger partial charge in [-0.1, -0.05) is 23.7 Å². The van der Waals surface area contributed by atoms with Crippen molar-refractivity contribution in [1.29, 1.82) is 0 Å². The van der Waals surface area contributed by atoms with Crippen LogP contribution in [0.1, 0.15) is 18.4 Å². The van der Waals surface area contributed by atoms with Gasteiger partial charge in [0.25, 0.3) is 5.92 Å². The Kier molecular flexibility index (Phi) is 5.36. The van der Waals surface area contributed by atoms with E-state index < -0.39 is 30.3 Å². The first kappa shape index (κ1) is 17.1. The van der Waals surface area contributed by atoms with Gasteiger partial charge in [0.2, 0.25) is 5.91 Å². The number of carbonyl (C=O) groups is 1. The van der Waals surface area contributed by atoms with E-state index in [-0.39, 0.29) is 0 Å². The Labute approximate surface area is 133 Å². The van der Waals surface area contributed by atoms with E-state index in [1.807, 2.05) is 0 Å². The van der Waals surface area contributed by atoms with Crippen LogP contribution in [0.5, 0.6) is 0 Å². The summed E-state index contributed by atoms with van der Waals surface area (Å²) in [5.41, 5.74) is 4.82. The lowest BCUT2D eigenvalue weighted by Gasteiger charge is -2.36. The third-order valence-electron chi connectivity index (χ3n) is 3.96. The smallest absolute Gasteiger partial charge is 0.277 e. The van der Waals surface area contributed by atoms with E-state index in [0.717, 1.165) is 5.56 Å². The van der Waals surface area contributed by atoms with Gasteiger partial charge in [0, 0.05) is 18.2 Å². The second-order valence-electron chi connectivity index (χ2n) is 5.45. The van der Waals surface area contributed by atoms with Crippen molar-refractivity contribution in [3.8, 4) is 0 Å². The monoisotopic (exact) mass is 332 g/mol. The molecule has 122 valence electrons. The fourth-order valence-electron chi connectivity index (χ4n) is 2.60. The highest BCUT2D eigenvalue weighted by Crippen LogP contribution is 2.36. The summed E-state index contributed by atoms with van der Waals surface area (Å²) >= 11 is 6.00. The van der Waals surface area contributed by atoms with E-state index in [9.17, 15) is 13.6 Å². The quantitative estimate of drug-likeness (QED) is 0.868. The van der Waals surface area contributed by atoms with E-state index in [1.165, 1.54) is 0 Å². The largest absolute Gasteiger partial charge is 0.381 e. The zero-order valence-electron chi connectivity index (χ0n) is 12.1. The van der Waals surface area contributed by atoms with Crippen LogP contribution in [0.25, 0.3) is 0 Å². The highest BCUT2D eigenvalue weighted by Gasteiger charge is 2.42. The van der Waals surface area contributed by atoms with Crippen LogP contribution in [0.4, 0.5) is 8.78 Å². The number of rotatable bonds is 5. The highest BCUT2D eigenvalue weighted by atomic mass is 35.5.